The molecule has 0 aliphatic heterocycles. The second-order valence-corrected chi connectivity index (χ2v) is 5.81. The molecule has 0 bridgehead atoms. The minimum Gasteiger partial charge on any atom is -0.353 e. The van der Waals surface area contributed by atoms with Gasteiger partial charge in [0.15, 0.2) is 0 Å². The Balaban J connectivity index is 2.08. The zero-order chi connectivity index (χ0) is 14.7. The minimum atomic E-state index is 1.06. The second kappa shape index (κ2) is 4.08. The van der Waals surface area contributed by atoms with E-state index in [-0.39, 0.29) is 0 Å². The van der Waals surface area contributed by atoms with Gasteiger partial charge in [0.05, 0.1) is 16.6 Å². The van der Waals surface area contributed by atoms with E-state index >= 15 is 0 Å². The highest BCUT2D eigenvalue weighted by Crippen LogP contribution is 2.33. The monoisotopic (exact) mass is 282 g/mol. The van der Waals surface area contributed by atoms with Crippen molar-refractivity contribution in [1.82, 2.24) is 9.97 Å². The third-order valence-electron chi connectivity index (χ3n) is 4.60. The van der Waals surface area contributed by atoms with Crippen LogP contribution in [0.15, 0.2) is 60.7 Å². The van der Waals surface area contributed by atoms with Crippen molar-refractivity contribution in [2.24, 2.45) is 0 Å². The fourth-order valence-corrected chi connectivity index (χ4v) is 3.48. The fourth-order valence-electron chi connectivity index (χ4n) is 3.48. The van der Waals surface area contributed by atoms with Crippen molar-refractivity contribution in [2.75, 3.05) is 0 Å². The Kier molecular flexibility index (Phi) is 2.18. The molecular formula is C20H14N2. The van der Waals surface area contributed by atoms with E-state index in [1.807, 2.05) is 6.07 Å². The molecule has 104 valence electrons. The third kappa shape index (κ3) is 1.41. The van der Waals surface area contributed by atoms with Crippen LogP contribution in [0.5, 0.6) is 0 Å². The number of para-hydroxylation sites is 2. The lowest BCUT2D eigenvalue weighted by atomic mass is 10.0. The molecule has 5 aromatic rings. The summed E-state index contributed by atoms with van der Waals surface area (Å²) in [5.74, 6) is 0. The van der Waals surface area contributed by atoms with Gasteiger partial charge in [-0.15, -0.1) is 0 Å². The largest absolute Gasteiger partial charge is 0.353 e. The molecule has 0 spiro atoms. The molecule has 0 fully saturated rings. The first-order valence-electron chi connectivity index (χ1n) is 7.51. The van der Waals surface area contributed by atoms with Crippen molar-refractivity contribution < 1.29 is 0 Å². The van der Waals surface area contributed by atoms with E-state index in [1.165, 1.54) is 27.1 Å². The van der Waals surface area contributed by atoms with Gasteiger partial charge < -0.3 is 4.98 Å². The highest BCUT2D eigenvalue weighted by molar-refractivity contribution is 6.17. The SMILES string of the molecule is Cc1c2ccccc2[nH]c2c1ccc1c3ccccc3nc12. The molecule has 3 aromatic carbocycles. The number of rotatable bonds is 0. The van der Waals surface area contributed by atoms with Gasteiger partial charge >= 0.3 is 0 Å². The van der Waals surface area contributed by atoms with Gasteiger partial charge in [0.2, 0.25) is 0 Å². The summed E-state index contributed by atoms with van der Waals surface area (Å²) in [5.41, 5.74) is 5.71. The van der Waals surface area contributed by atoms with Gasteiger partial charge in [-0.2, -0.15) is 0 Å². The lowest BCUT2D eigenvalue weighted by Gasteiger charge is -2.08. The van der Waals surface area contributed by atoms with E-state index in [0.717, 1.165) is 22.1 Å². The highest BCUT2D eigenvalue weighted by Gasteiger charge is 2.11. The molecule has 5 rings (SSSR count). The molecular weight excluding hydrogens is 268 g/mol. The lowest BCUT2D eigenvalue weighted by molar-refractivity contribution is 1.45. The Morgan fingerprint density at radius 1 is 0.727 bits per heavy atom. The Labute approximate surface area is 127 Å². The summed E-state index contributed by atoms with van der Waals surface area (Å²) in [4.78, 5) is 8.45. The van der Waals surface area contributed by atoms with Crippen LogP contribution in [0.2, 0.25) is 0 Å². The highest BCUT2D eigenvalue weighted by atomic mass is 14.8. The predicted molar refractivity (Wildman–Crippen MR) is 93.3 cm³/mol. The van der Waals surface area contributed by atoms with Crippen LogP contribution in [-0.2, 0) is 0 Å². The molecule has 0 radical (unpaired) electrons. The van der Waals surface area contributed by atoms with Crippen LogP contribution in [0.3, 0.4) is 0 Å². The molecule has 2 heteroatoms. The van der Waals surface area contributed by atoms with Gasteiger partial charge in [-0.05, 0) is 24.6 Å². The summed E-state index contributed by atoms with van der Waals surface area (Å²) in [6, 6.07) is 21.2. The summed E-state index contributed by atoms with van der Waals surface area (Å²) in [6.07, 6.45) is 0. The summed E-state index contributed by atoms with van der Waals surface area (Å²) in [5, 5.41) is 4.95. The van der Waals surface area contributed by atoms with E-state index in [2.05, 4.69) is 66.5 Å². The summed E-state index contributed by atoms with van der Waals surface area (Å²) >= 11 is 0. The number of nitrogens with zero attached hydrogens (tertiary/aromatic N) is 1. The van der Waals surface area contributed by atoms with Gasteiger partial charge in [-0.25, -0.2) is 4.98 Å². The van der Waals surface area contributed by atoms with Crippen LogP contribution in [0.1, 0.15) is 5.56 Å². The number of benzene rings is 3. The average Bonchev–Trinajstić information content (AvgIpc) is 2.94. The van der Waals surface area contributed by atoms with Crippen LogP contribution < -0.4 is 0 Å². The summed E-state index contributed by atoms with van der Waals surface area (Å²) in [6.45, 7) is 2.19. The Bertz CT molecular complexity index is 1180. The van der Waals surface area contributed by atoms with Crippen molar-refractivity contribution in [3.05, 3.63) is 66.2 Å². The number of hydrogen-bond donors (Lipinski definition) is 1. The molecule has 0 saturated heterocycles. The van der Waals surface area contributed by atoms with Crippen LogP contribution >= 0.6 is 0 Å². The molecule has 0 aliphatic carbocycles. The van der Waals surface area contributed by atoms with E-state index in [1.54, 1.807) is 0 Å². The van der Waals surface area contributed by atoms with Crippen LogP contribution in [0.25, 0.3) is 43.6 Å². The molecule has 2 heterocycles. The third-order valence-corrected chi connectivity index (χ3v) is 4.60. The van der Waals surface area contributed by atoms with E-state index in [0.29, 0.717) is 0 Å². The summed E-state index contributed by atoms with van der Waals surface area (Å²) < 4.78 is 0. The normalized spacial score (nSPS) is 11.9. The first kappa shape index (κ1) is 11.8. The van der Waals surface area contributed by atoms with Crippen molar-refractivity contribution in [1.29, 1.82) is 0 Å². The van der Waals surface area contributed by atoms with Gasteiger partial charge in [-0.1, -0.05) is 48.5 Å². The van der Waals surface area contributed by atoms with E-state index < -0.39 is 0 Å². The second-order valence-electron chi connectivity index (χ2n) is 5.81. The Morgan fingerprint density at radius 2 is 1.45 bits per heavy atom. The Hall–Kier alpha value is -2.87. The fraction of sp³-hybridized carbons (Fsp3) is 0.0500. The van der Waals surface area contributed by atoms with Gasteiger partial charge in [0.1, 0.15) is 0 Å². The smallest absolute Gasteiger partial charge is 0.0957 e. The first-order chi connectivity index (χ1) is 10.8. The number of aryl methyl sites for hydroxylation is 1. The van der Waals surface area contributed by atoms with Gasteiger partial charge in [0.25, 0.3) is 0 Å². The topological polar surface area (TPSA) is 28.7 Å². The van der Waals surface area contributed by atoms with Crippen molar-refractivity contribution in [3.8, 4) is 0 Å². The van der Waals surface area contributed by atoms with Crippen molar-refractivity contribution in [3.63, 3.8) is 0 Å². The minimum absolute atomic E-state index is 1.06. The van der Waals surface area contributed by atoms with Crippen molar-refractivity contribution in [2.45, 2.75) is 6.92 Å². The van der Waals surface area contributed by atoms with Crippen LogP contribution in [0, 0.1) is 6.92 Å². The molecule has 0 atom stereocenters. The zero-order valence-electron chi connectivity index (χ0n) is 12.2. The standard InChI is InChI=1S/C20H14N2/c1-12-13-6-2-4-8-17(13)21-19-14(12)10-11-16-15-7-3-5-9-18(15)22-20(16)19/h2-11,21H,1H3. The number of aromatic nitrogens is 2. The number of nitrogens with one attached hydrogen (secondary N) is 1. The summed E-state index contributed by atoms with van der Waals surface area (Å²) in [7, 11) is 0. The van der Waals surface area contributed by atoms with Gasteiger partial charge in [0, 0.05) is 27.1 Å². The zero-order valence-corrected chi connectivity index (χ0v) is 12.2. The number of aromatic amines is 1. The molecule has 0 unspecified atom stereocenters. The molecule has 0 saturated carbocycles. The van der Waals surface area contributed by atoms with Gasteiger partial charge in [-0.3, -0.25) is 0 Å². The lowest BCUT2D eigenvalue weighted by Crippen LogP contribution is -1.88. The van der Waals surface area contributed by atoms with E-state index in [9.17, 15) is 0 Å². The first-order valence-corrected chi connectivity index (χ1v) is 7.51. The maximum absolute atomic E-state index is 4.86. The number of H-pyrrole nitrogens is 1. The maximum Gasteiger partial charge on any atom is 0.0957 e. The molecule has 1 N–H and O–H groups in total. The number of fused-ring (bicyclic) bond motifs is 6. The van der Waals surface area contributed by atoms with E-state index in [4.69, 9.17) is 4.98 Å². The van der Waals surface area contributed by atoms with Crippen LogP contribution in [-0.4, -0.2) is 9.97 Å². The predicted octanol–water partition coefficient (Wildman–Crippen LogP) is 5.33. The van der Waals surface area contributed by atoms with Crippen LogP contribution in [0.4, 0.5) is 0 Å². The molecule has 22 heavy (non-hydrogen) atoms. The molecule has 0 amide bonds. The maximum atomic E-state index is 4.86. The molecule has 0 aliphatic rings. The Morgan fingerprint density at radius 3 is 2.36 bits per heavy atom. The quantitative estimate of drug-likeness (QED) is 0.382. The number of hydrogen-bond acceptors (Lipinski definition) is 1. The molecule has 2 aromatic heterocycles. The average molecular weight is 282 g/mol. The molecule has 2 nitrogen and oxygen atoms in total. The number of pyridine rings is 1. The van der Waals surface area contributed by atoms with Crippen molar-refractivity contribution >= 4 is 43.6 Å².